The molecule has 0 amide bonds. The zero-order valence-corrected chi connectivity index (χ0v) is 17.4. The van der Waals surface area contributed by atoms with E-state index in [4.69, 9.17) is 16.7 Å². The summed E-state index contributed by atoms with van der Waals surface area (Å²) in [4.78, 5) is 0. The maximum Gasteiger partial charge on any atom is 0.0934 e. The lowest BCUT2D eigenvalue weighted by molar-refractivity contribution is 0.892. The van der Waals surface area contributed by atoms with E-state index in [-0.39, 0.29) is 0 Å². The van der Waals surface area contributed by atoms with Gasteiger partial charge in [-0.25, -0.2) is 4.68 Å². The Morgan fingerprint density at radius 3 is 1.93 bits per heavy atom. The topological polar surface area (TPSA) is 17.8 Å². The molecule has 0 unspecified atom stereocenters. The number of halogens is 1. The van der Waals surface area contributed by atoms with Crippen molar-refractivity contribution in [1.29, 1.82) is 0 Å². The van der Waals surface area contributed by atoms with Crippen molar-refractivity contribution in [3.63, 3.8) is 0 Å². The highest BCUT2D eigenvalue weighted by atomic mass is 35.5. The van der Waals surface area contributed by atoms with Crippen LogP contribution < -0.4 is 0 Å². The zero-order valence-electron chi connectivity index (χ0n) is 16.6. The van der Waals surface area contributed by atoms with Crippen LogP contribution in [0.25, 0.3) is 28.2 Å². The Bertz CT molecular complexity index is 1170. The summed E-state index contributed by atoms with van der Waals surface area (Å²) in [5.74, 6) is 0. The molecule has 2 nitrogen and oxygen atoms in total. The van der Waals surface area contributed by atoms with E-state index in [9.17, 15) is 0 Å². The molecular weight excluding hydrogens is 364 g/mol. The van der Waals surface area contributed by atoms with Gasteiger partial charge in [0.2, 0.25) is 0 Å². The minimum absolute atomic E-state index is 0.683. The fraction of sp³-hybridized carbons (Fsp3) is 0.160. The smallest absolute Gasteiger partial charge is 0.0934 e. The highest BCUT2D eigenvalue weighted by Crippen LogP contribution is 2.32. The highest BCUT2D eigenvalue weighted by Gasteiger charge is 2.15. The minimum atomic E-state index is 0.683. The van der Waals surface area contributed by atoms with Gasteiger partial charge in [0, 0.05) is 11.1 Å². The molecule has 4 aromatic rings. The van der Waals surface area contributed by atoms with Crippen LogP contribution >= 0.6 is 11.6 Å². The van der Waals surface area contributed by atoms with Crippen LogP contribution in [-0.4, -0.2) is 9.78 Å². The van der Waals surface area contributed by atoms with Gasteiger partial charge >= 0.3 is 0 Å². The van der Waals surface area contributed by atoms with Crippen LogP contribution in [0.1, 0.15) is 22.3 Å². The van der Waals surface area contributed by atoms with Crippen molar-refractivity contribution in [2.24, 2.45) is 0 Å². The van der Waals surface area contributed by atoms with E-state index in [1.165, 1.54) is 22.3 Å². The summed E-state index contributed by atoms with van der Waals surface area (Å²) in [6.45, 7) is 8.53. The summed E-state index contributed by atoms with van der Waals surface area (Å²) < 4.78 is 1.96. The summed E-state index contributed by atoms with van der Waals surface area (Å²) in [6, 6.07) is 23.0. The van der Waals surface area contributed by atoms with E-state index in [1.54, 1.807) is 0 Å². The van der Waals surface area contributed by atoms with Crippen molar-refractivity contribution in [2.75, 3.05) is 0 Å². The van der Waals surface area contributed by atoms with Gasteiger partial charge in [0.05, 0.1) is 22.1 Å². The third kappa shape index (κ3) is 3.36. The van der Waals surface area contributed by atoms with Crippen LogP contribution in [0.3, 0.4) is 0 Å². The number of nitrogens with zero attached hydrogens (tertiary/aromatic N) is 2. The van der Waals surface area contributed by atoms with E-state index in [1.807, 2.05) is 28.9 Å². The SMILES string of the molecule is Cc1ccc(-c2cc(-c3ccc(C)c(C)c3)n(-c3ccccc3Cl)n2)cc1C. The average molecular weight is 387 g/mol. The molecule has 3 aromatic carbocycles. The van der Waals surface area contributed by atoms with Gasteiger partial charge in [-0.15, -0.1) is 0 Å². The number of para-hydroxylation sites is 1. The Hall–Kier alpha value is -2.84. The standard InChI is InChI=1S/C25H23ClN2/c1-16-9-11-20(13-18(16)3)23-15-25(21-12-10-17(2)19(4)14-21)28(27-23)24-8-6-5-7-22(24)26/h5-15H,1-4H3. The first kappa shape index (κ1) is 18.5. The van der Waals surface area contributed by atoms with Crippen molar-refractivity contribution >= 4 is 11.6 Å². The molecular formula is C25H23ClN2. The largest absolute Gasteiger partial charge is 0.231 e. The second-order valence-electron chi connectivity index (χ2n) is 7.38. The van der Waals surface area contributed by atoms with E-state index in [0.29, 0.717) is 5.02 Å². The van der Waals surface area contributed by atoms with Crippen LogP contribution in [0.5, 0.6) is 0 Å². The molecule has 1 heterocycles. The predicted octanol–water partition coefficient (Wildman–Crippen LogP) is 7.09. The Balaban J connectivity index is 1.95. The van der Waals surface area contributed by atoms with Crippen molar-refractivity contribution in [3.05, 3.63) is 94.0 Å². The number of rotatable bonds is 3. The number of aromatic nitrogens is 2. The summed E-state index contributed by atoms with van der Waals surface area (Å²) in [5.41, 5.74) is 10.2. The van der Waals surface area contributed by atoms with Gasteiger partial charge in [-0.1, -0.05) is 48.0 Å². The normalized spacial score (nSPS) is 11.0. The lowest BCUT2D eigenvalue weighted by Crippen LogP contribution is -2.00. The molecule has 0 N–H and O–H groups in total. The van der Waals surface area contributed by atoms with Gasteiger partial charge in [0.15, 0.2) is 0 Å². The molecule has 0 radical (unpaired) electrons. The fourth-order valence-electron chi connectivity index (χ4n) is 3.34. The first-order valence-electron chi connectivity index (χ1n) is 9.44. The highest BCUT2D eigenvalue weighted by molar-refractivity contribution is 6.32. The number of benzene rings is 3. The maximum absolute atomic E-state index is 6.52. The average Bonchev–Trinajstić information content (AvgIpc) is 3.11. The van der Waals surface area contributed by atoms with E-state index >= 15 is 0 Å². The van der Waals surface area contributed by atoms with Gasteiger partial charge in [-0.2, -0.15) is 5.10 Å². The molecule has 0 fully saturated rings. The van der Waals surface area contributed by atoms with Gasteiger partial charge in [-0.3, -0.25) is 0 Å². The molecule has 4 rings (SSSR count). The third-order valence-corrected chi connectivity index (χ3v) is 5.71. The molecule has 28 heavy (non-hydrogen) atoms. The monoisotopic (exact) mass is 386 g/mol. The van der Waals surface area contributed by atoms with Crippen LogP contribution in [0, 0.1) is 27.7 Å². The third-order valence-electron chi connectivity index (χ3n) is 5.40. The van der Waals surface area contributed by atoms with Gasteiger partial charge in [-0.05, 0) is 80.3 Å². The first-order valence-corrected chi connectivity index (χ1v) is 9.82. The second kappa shape index (κ2) is 7.29. The molecule has 0 bridgehead atoms. The molecule has 0 saturated carbocycles. The Morgan fingerprint density at radius 2 is 1.29 bits per heavy atom. The lowest BCUT2D eigenvalue weighted by Gasteiger charge is -2.10. The Kier molecular flexibility index (Phi) is 4.82. The van der Waals surface area contributed by atoms with E-state index in [2.05, 4.69) is 70.2 Å². The predicted molar refractivity (Wildman–Crippen MR) is 118 cm³/mol. The fourth-order valence-corrected chi connectivity index (χ4v) is 3.55. The van der Waals surface area contributed by atoms with E-state index in [0.717, 1.165) is 28.2 Å². The van der Waals surface area contributed by atoms with Crippen LogP contribution in [0.15, 0.2) is 66.7 Å². The number of hydrogen-bond donors (Lipinski definition) is 0. The van der Waals surface area contributed by atoms with Crippen molar-refractivity contribution < 1.29 is 0 Å². The molecule has 0 spiro atoms. The quantitative estimate of drug-likeness (QED) is 0.367. The Morgan fingerprint density at radius 1 is 0.679 bits per heavy atom. The van der Waals surface area contributed by atoms with Crippen molar-refractivity contribution in [1.82, 2.24) is 9.78 Å². The van der Waals surface area contributed by atoms with Crippen LogP contribution in [0.4, 0.5) is 0 Å². The molecule has 1 aromatic heterocycles. The number of aryl methyl sites for hydroxylation is 4. The molecule has 140 valence electrons. The van der Waals surface area contributed by atoms with Crippen molar-refractivity contribution in [2.45, 2.75) is 27.7 Å². The van der Waals surface area contributed by atoms with E-state index < -0.39 is 0 Å². The second-order valence-corrected chi connectivity index (χ2v) is 7.78. The molecule has 0 saturated heterocycles. The molecule has 0 aliphatic heterocycles. The van der Waals surface area contributed by atoms with Crippen LogP contribution in [0.2, 0.25) is 5.02 Å². The maximum atomic E-state index is 6.52. The summed E-state index contributed by atoms with van der Waals surface area (Å²) in [5, 5.41) is 5.63. The molecule has 0 aliphatic rings. The molecule has 0 aliphatic carbocycles. The summed E-state index contributed by atoms with van der Waals surface area (Å²) in [6.07, 6.45) is 0. The Labute approximate surface area is 171 Å². The molecule has 3 heteroatoms. The summed E-state index contributed by atoms with van der Waals surface area (Å²) in [7, 11) is 0. The first-order chi connectivity index (χ1) is 13.4. The summed E-state index contributed by atoms with van der Waals surface area (Å²) >= 11 is 6.52. The van der Waals surface area contributed by atoms with Gasteiger partial charge in [0.1, 0.15) is 0 Å². The van der Waals surface area contributed by atoms with Crippen LogP contribution in [-0.2, 0) is 0 Å². The minimum Gasteiger partial charge on any atom is -0.231 e. The lowest BCUT2D eigenvalue weighted by atomic mass is 10.0. The van der Waals surface area contributed by atoms with Gasteiger partial charge in [0.25, 0.3) is 0 Å². The molecule has 0 atom stereocenters. The van der Waals surface area contributed by atoms with Gasteiger partial charge < -0.3 is 0 Å². The van der Waals surface area contributed by atoms with Crippen molar-refractivity contribution in [3.8, 4) is 28.2 Å². The zero-order chi connectivity index (χ0) is 19.8. The number of hydrogen-bond acceptors (Lipinski definition) is 1.